The van der Waals surface area contributed by atoms with Gasteiger partial charge in [-0.2, -0.15) is 0 Å². The van der Waals surface area contributed by atoms with Gasteiger partial charge >= 0.3 is 5.97 Å². The van der Waals surface area contributed by atoms with Crippen molar-refractivity contribution >= 4 is 5.97 Å². The number of phenols is 1. The quantitative estimate of drug-likeness (QED) is 0.456. The number of nitrogens with zero attached hydrogens (tertiary/aromatic N) is 1. The van der Waals surface area contributed by atoms with Crippen molar-refractivity contribution in [3.63, 3.8) is 0 Å². The van der Waals surface area contributed by atoms with Crippen molar-refractivity contribution in [2.75, 3.05) is 34.3 Å². The van der Waals surface area contributed by atoms with Crippen LogP contribution in [-0.2, 0) is 22.4 Å². The molecule has 0 saturated carbocycles. The van der Waals surface area contributed by atoms with Crippen molar-refractivity contribution in [2.24, 2.45) is 0 Å². The minimum Gasteiger partial charge on any atom is -0.507 e. The molecule has 0 bridgehead atoms. The van der Waals surface area contributed by atoms with Gasteiger partial charge in [-0.1, -0.05) is 18.2 Å². The summed E-state index contributed by atoms with van der Waals surface area (Å²) in [5.74, 6) is 0.138. The summed E-state index contributed by atoms with van der Waals surface area (Å²) in [5, 5.41) is 9.98. The zero-order valence-electron chi connectivity index (χ0n) is 14.2. The van der Waals surface area contributed by atoms with E-state index in [1.54, 1.807) is 6.08 Å². The molecule has 0 saturated heterocycles. The predicted octanol–water partition coefficient (Wildman–Crippen LogP) is 2.61. The van der Waals surface area contributed by atoms with Gasteiger partial charge < -0.3 is 14.3 Å². The van der Waals surface area contributed by atoms with Gasteiger partial charge in [0.15, 0.2) is 0 Å². The fourth-order valence-corrected chi connectivity index (χ4v) is 2.14. The van der Waals surface area contributed by atoms with Crippen LogP contribution >= 0.6 is 0 Å². The lowest BCUT2D eigenvalue weighted by atomic mass is 10.00. The number of aromatic hydroxyl groups is 1. The molecule has 1 N–H and O–H groups in total. The summed E-state index contributed by atoms with van der Waals surface area (Å²) < 4.78 is 6.02. The Morgan fingerprint density at radius 3 is 2.64 bits per heavy atom. The molecule has 0 spiro atoms. The van der Waals surface area contributed by atoms with E-state index >= 15 is 0 Å². The van der Waals surface area contributed by atoms with Gasteiger partial charge in [0, 0.05) is 6.42 Å². The Bertz CT molecular complexity index is 530. The minimum atomic E-state index is -0.176. The third kappa shape index (κ3) is 6.31. The molecule has 0 atom stereocenters. The van der Waals surface area contributed by atoms with Gasteiger partial charge in [0.05, 0.1) is 21.1 Å². The molecule has 0 aliphatic heterocycles. The van der Waals surface area contributed by atoms with Crippen molar-refractivity contribution < 1.29 is 19.1 Å². The van der Waals surface area contributed by atoms with Crippen LogP contribution in [0.5, 0.6) is 5.75 Å². The molecule has 0 unspecified atom stereocenters. The van der Waals surface area contributed by atoms with Crippen molar-refractivity contribution in [3.8, 4) is 5.75 Å². The fraction of sp³-hybridized carbons (Fsp3) is 0.500. The SMILES string of the molecule is C=CCc1cc(CCC(=O)OCC[N+](C)(C)C)cc(C)c1O. The number of likely N-dealkylation sites (N-methyl/N-ethyl adjacent to an activating group) is 1. The molecule has 1 rings (SSSR count). The number of quaternary nitrogens is 1. The summed E-state index contributed by atoms with van der Waals surface area (Å²) >= 11 is 0. The lowest BCUT2D eigenvalue weighted by Crippen LogP contribution is -2.38. The number of phenolic OH excluding ortho intramolecular Hbond substituents is 1. The number of carbonyl (C=O) groups is 1. The monoisotopic (exact) mass is 306 g/mol. The molecule has 0 heterocycles. The van der Waals surface area contributed by atoms with E-state index < -0.39 is 0 Å². The van der Waals surface area contributed by atoms with Crippen molar-refractivity contribution in [3.05, 3.63) is 41.5 Å². The summed E-state index contributed by atoms with van der Waals surface area (Å²) in [6, 6.07) is 3.85. The number of hydrogen-bond acceptors (Lipinski definition) is 3. The topological polar surface area (TPSA) is 46.5 Å². The molecule has 122 valence electrons. The van der Waals surface area contributed by atoms with Crippen LogP contribution in [-0.4, -0.2) is 49.9 Å². The highest BCUT2D eigenvalue weighted by Gasteiger charge is 2.11. The lowest BCUT2D eigenvalue weighted by Gasteiger charge is -2.23. The van der Waals surface area contributed by atoms with Gasteiger partial charge in [0.25, 0.3) is 0 Å². The normalized spacial score (nSPS) is 11.3. The Balaban J connectivity index is 2.54. The number of rotatable bonds is 8. The number of esters is 1. The first-order valence-electron chi connectivity index (χ1n) is 7.61. The summed E-state index contributed by atoms with van der Waals surface area (Å²) in [5.41, 5.74) is 2.71. The average molecular weight is 306 g/mol. The van der Waals surface area contributed by atoms with E-state index in [0.717, 1.165) is 27.7 Å². The van der Waals surface area contributed by atoms with E-state index in [4.69, 9.17) is 4.74 Å². The Hall–Kier alpha value is -1.81. The van der Waals surface area contributed by atoms with Crippen LogP contribution in [0.3, 0.4) is 0 Å². The van der Waals surface area contributed by atoms with Crippen LogP contribution in [0.2, 0.25) is 0 Å². The Kier molecular flexibility index (Phi) is 6.62. The molecular weight excluding hydrogens is 278 g/mol. The second-order valence-corrected chi connectivity index (χ2v) is 6.65. The van der Waals surface area contributed by atoms with Crippen LogP contribution in [0.4, 0.5) is 0 Å². The van der Waals surface area contributed by atoms with Gasteiger partial charge in [0.1, 0.15) is 18.9 Å². The molecule has 0 aromatic heterocycles. The molecule has 0 fully saturated rings. The standard InChI is InChI=1S/C18H27NO3/c1-6-7-16-13-15(12-14(2)18(16)21)8-9-17(20)22-11-10-19(3,4)5/h6,12-13H,1,7-11H2,2-5H3/p+1. The second kappa shape index (κ2) is 7.99. The molecule has 0 aliphatic carbocycles. The van der Waals surface area contributed by atoms with E-state index in [2.05, 4.69) is 27.7 Å². The number of carbonyl (C=O) groups excluding carboxylic acids is 1. The van der Waals surface area contributed by atoms with Gasteiger partial charge in [-0.05, 0) is 36.5 Å². The van der Waals surface area contributed by atoms with E-state index in [0.29, 0.717) is 31.6 Å². The summed E-state index contributed by atoms with van der Waals surface area (Å²) in [4.78, 5) is 11.8. The number of benzene rings is 1. The number of ether oxygens (including phenoxy) is 1. The number of aryl methyl sites for hydroxylation is 2. The number of hydrogen-bond donors (Lipinski definition) is 1. The Morgan fingerprint density at radius 1 is 1.36 bits per heavy atom. The van der Waals surface area contributed by atoms with Crippen molar-refractivity contribution in [1.29, 1.82) is 0 Å². The molecule has 22 heavy (non-hydrogen) atoms. The van der Waals surface area contributed by atoms with Crippen LogP contribution < -0.4 is 0 Å². The molecule has 0 amide bonds. The molecule has 0 aliphatic rings. The highest BCUT2D eigenvalue weighted by molar-refractivity contribution is 5.69. The molecule has 4 nitrogen and oxygen atoms in total. The van der Waals surface area contributed by atoms with Crippen molar-refractivity contribution in [1.82, 2.24) is 0 Å². The summed E-state index contributed by atoms with van der Waals surface area (Å²) in [6.07, 6.45) is 3.36. The van der Waals surface area contributed by atoms with Crippen LogP contribution in [0, 0.1) is 6.92 Å². The van der Waals surface area contributed by atoms with Gasteiger partial charge in [-0.25, -0.2) is 0 Å². The summed E-state index contributed by atoms with van der Waals surface area (Å²) in [7, 11) is 6.19. The van der Waals surface area contributed by atoms with E-state index in [1.807, 2.05) is 19.1 Å². The van der Waals surface area contributed by atoms with Crippen LogP contribution in [0.15, 0.2) is 24.8 Å². The third-order valence-corrected chi connectivity index (χ3v) is 3.45. The molecule has 4 heteroatoms. The molecule has 1 aromatic rings. The Morgan fingerprint density at radius 2 is 2.05 bits per heavy atom. The first-order chi connectivity index (χ1) is 10.2. The second-order valence-electron chi connectivity index (χ2n) is 6.65. The smallest absolute Gasteiger partial charge is 0.306 e. The molecule has 0 radical (unpaired) electrons. The maximum Gasteiger partial charge on any atom is 0.306 e. The van der Waals surface area contributed by atoms with Crippen LogP contribution in [0.25, 0.3) is 0 Å². The van der Waals surface area contributed by atoms with E-state index in [-0.39, 0.29) is 5.97 Å². The largest absolute Gasteiger partial charge is 0.507 e. The zero-order valence-corrected chi connectivity index (χ0v) is 14.2. The third-order valence-electron chi connectivity index (χ3n) is 3.45. The molecule has 1 aromatic carbocycles. The first-order valence-corrected chi connectivity index (χ1v) is 7.61. The van der Waals surface area contributed by atoms with Gasteiger partial charge in [-0.15, -0.1) is 6.58 Å². The average Bonchev–Trinajstić information content (AvgIpc) is 2.40. The Labute approximate surface area is 133 Å². The minimum absolute atomic E-state index is 0.176. The highest BCUT2D eigenvalue weighted by atomic mass is 16.5. The summed E-state index contributed by atoms with van der Waals surface area (Å²) in [6.45, 7) is 6.81. The highest BCUT2D eigenvalue weighted by Crippen LogP contribution is 2.25. The van der Waals surface area contributed by atoms with E-state index in [1.165, 1.54) is 0 Å². The lowest BCUT2D eigenvalue weighted by molar-refractivity contribution is -0.870. The maximum absolute atomic E-state index is 11.8. The van der Waals surface area contributed by atoms with Crippen LogP contribution in [0.1, 0.15) is 23.1 Å². The maximum atomic E-state index is 11.8. The van der Waals surface area contributed by atoms with Gasteiger partial charge in [0.2, 0.25) is 0 Å². The number of allylic oxidation sites excluding steroid dienone is 1. The zero-order chi connectivity index (χ0) is 16.8. The molecular formula is C18H28NO3+. The first kappa shape index (κ1) is 18.2. The van der Waals surface area contributed by atoms with Crippen molar-refractivity contribution in [2.45, 2.75) is 26.2 Å². The fourth-order valence-electron chi connectivity index (χ4n) is 2.14. The van der Waals surface area contributed by atoms with Gasteiger partial charge in [-0.3, -0.25) is 4.79 Å². The predicted molar refractivity (Wildman–Crippen MR) is 88.9 cm³/mol. The van der Waals surface area contributed by atoms with E-state index in [9.17, 15) is 9.90 Å².